The molecule has 112 valence electrons. The molecule has 21 heavy (non-hydrogen) atoms. The minimum atomic E-state index is 0.0622. The van der Waals surface area contributed by atoms with Crippen LogP contribution in [0.5, 0.6) is 5.75 Å². The summed E-state index contributed by atoms with van der Waals surface area (Å²) in [6, 6.07) is 7.98. The lowest BCUT2D eigenvalue weighted by atomic mass is 10.1. The molecule has 0 amide bonds. The fourth-order valence-corrected chi connectivity index (χ4v) is 1.96. The summed E-state index contributed by atoms with van der Waals surface area (Å²) >= 11 is 0. The minimum Gasteiger partial charge on any atom is -0.496 e. The van der Waals surface area contributed by atoms with Gasteiger partial charge in [0.2, 0.25) is 0 Å². The molecule has 1 heterocycles. The number of hydrogen-bond acceptors (Lipinski definition) is 4. The Morgan fingerprint density at radius 1 is 1.19 bits per heavy atom. The summed E-state index contributed by atoms with van der Waals surface area (Å²) in [6.07, 6.45) is 1.79. The van der Waals surface area contributed by atoms with Crippen LogP contribution in [0, 0.1) is 6.92 Å². The van der Waals surface area contributed by atoms with Crippen LogP contribution in [0.2, 0.25) is 0 Å². The van der Waals surface area contributed by atoms with Gasteiger partial charge in [-0.05, 0) is 51.5 Å². The first-order valence-corrected chi connectivity index (χ1v) is 7.11. The number of nitrogens with one attached hydrogen (secondary N) is 1. The Bertz CT molecular complexity index is 618. The molecular formula is C17H23N3O. The van der Waals surface area contributed by atoms with Gasteiger partial charge in [-0.15, -0.1) is 0 Å². The van der Waals surface area contributed by atoms with Gasteiger partial charge in [-0.25, -0.2) is 9.97 Å². The third kappa shape index (κ3) is 4.26. The SMILES string of the molecule is COc1cc(C)ccc1-c1nccc(CNC(C)(C)C)n1. The van der Waals surface area contributed by atoms with Crippen molar-refractivity contribution in [3.63, 3.8) is 0 Å². The molecule has 1 aromatic carbocycles. The zero-order valence-electron chi connectivity index (χ0n) is 13.4. The van der Waals surface area contributed by atoms with Crippen LogP contribution in [-0.2, 0) is 6.54 Å². The summed E-state index contributed by atoms with van der Waals surface area (Å²) in [6.45, 7) is 9.17. The van der Waals surface area contributed by atoms with E-state index in [0.717, 1.165) is 22.6 Å². The van der Waals surface area contributed by atoms with E-state index < -0.39 is 0 Å². The topological polar surface area (TPSA) is 47.0 Å². The Morgan fingerprint density at radius 3 is 2.62 bits per heavy atom. The fraction of sp³-hybridized carbons (Fsp3) is 0.412. The van der Waals surface area contributed by atoms with Crippen LogP contribution in [0.25, 0.3) is 11.4 Å². The molecule has 0 saturated heterocycles. The second-order valence-electron chi connectivity index (χ2n) is 6.18. The van der Waals surface area contributed by atoms with Crippen molar-refractivity contribution < 1.29 is 4.74 Å². The van der Waals surface area contributed by atoms with E-state index in [1.54, 1.807) is 13.3 Å². The third-order valence-corrected chi connectivity index (χ3v) is 3.11. The molecular weight excluding hydrogens is 262 g/mol. The number of ether oxygens (including phenoxy) is 1. The Kier molecular flexibility index (Phi) is 4.58. The summed E-state index contributed by atoms with van der Waals surface area (Å²) in [7, 11) is 1.67. The van der Waals surface area contributed by atoms with Crippen LogP contribution in [-0.4, -0.2) is 22.6 Å². The van der Waals surface area contributed by atoms with Crippen molar-refractivity contribution in [1.82, 2.24) is 15.3 Å². The second kappa shape index (κ2) is 6.22. The summed E-state index contributed by atoms with van der Waals surface area (Å²) in [4.78, 5) is 9.00. The highest BCUT2D eigenvalue weighted by atomic mass is 16.5. The molecule has 0 saturated carbocycles. The lowest BCUT2D eigenvalue weighted by Crippen LogP contribution is -2.35. The van der Waals surface area contributed by atoms with Gasteiger partial charge in [-0.1, -0.05) is 6.07 Å². The first-order chi connectivity index (χ1) is 9.89. The van der Waals surface area contributed by atoms with E-state index >= 15 is 0 Å². The largest absolute Gasteiger partial charge is 0.496 e. The number of benzene rings is 1. The van der Waals surface area contributed by atoms with Crippen molar-refractivity contribution in [2.24, 2.45) is 0 Å². The monoisotopic (exact) mass is 285 g/mol. The Hall–Kier alpha value is -1.94. The van der Waals surface area contributed by atoms with Crippen LogP contribution < -0.4 is 10.1 Å². The van der Waals surface area contributed by atoms with Gasteiger partial charge in [0.1, 0.15) is 5.75 Å². The van der Waals surface area contributed by atoms with Gasteiger partial charge in [0, 0.05) is 18.3 Å². The molecule has 0 aliphatic heterocycles. The molecule has 2 aromatic rings. The van der Waals surface area contributed by atoms with Crippen molar-refractivity contribution >= 4 is 0 Å². The maximum atomic E-state index is 5.44. The van der Waals surface area contributed by atoms with Crippen LogP contribution in [0.4, 0.5) is 0 Å². The molecule has 1 N–H and O–H groups in total. The van der Waals surface area contributed by atoms with Gasteiger partial charge in [-0.2, -0.15) is 0 Å². The molecule has 0 radical (unpaired) electrons. The average Bonchev–Trinajstić information content (AvgIpc) is 2.44. The van der Waals surface area contributed by atoms with E-state index in [2.05, 4.69) is 36.1 Å². The molecule has 2 rings (SSSR count). The number of nitrogens with zero attached hydrogens (tertiary/aromatic N) is 2. The smallest absolute Gasteiger partial charge is 0.163 e. The Labute approximate surface area is 126 Å². The lowest BCUT2D eigenvalue weighted by molar-refractivity contribution is 0.415. The number of rotatable bonds is 4. The van der Waals surface area contributed by atoms with Gasteiger partial charge in [0.05, 0.1) is 18.4 Å². The predicted octanol–water partition coefficient (Wildman–Crippen LogP) is 3.35. The highest BCUT2D eigenvalue weighted by Gasteiger charge is 2.12. The van der Waals surface area contributed by atoms with E-state index in [9.17, 15) is 0 Å². The average molecular weight is 285 g/mol. The Morgan fingerprint density at radius 2 is 1.95 bits per heavy atom. The lowest BCUT2D eigenvalue weighted by Gasteiger charge is -2.20. The summed E-state index contributed by atoms with van der Waals surface area (Å²) in [5, 5.41) is 3.43. The molecule has 0 bridgehead atoms. The standard InChI is InChI=1S/C17H23N3O/c1-12-6-7-14(15(10-12)21-5)16-18-9-8-13(20-16)11-19-17(2,3)4/h6-10,19H,11H2,1-5H3. The molecule has 0 fully saturated rings. The van der Waals surface area contributed by atoms with Crippen LogP contribution in [0.3, 0.4) is 0 Å². The van der Waals surface area contributed by atoms with Gasteiger partial charge in [0.25, 0.3) is 0 Å². The zero-order valence-corrected chi connectivity index (χ0v) is 13.4. The van der Waals surface area contributed by atoms with Crippen LogP contribution in [0.15, 0.2) is 30.5 Å². The summed E-state index contributed by atoms with van der Waals surface area (Å²) in [5.41, 5.74) is 3.10. The van der Waals surface area contributed by atoms with Crippen molar-refractivity contribution in [3.05, 3.63) is 41.7 Å². The molecule has 0 unspecified atom stereocenters. The van der Waals surface area contributed by atoms with Gasteiger partial charge < -0.3 is 10.1 Å². The number of aromatic nitrogens is 2. The van der Waals surface area contributed by atoms with Gasteiger partial charge >= 0.3 is 0 Å². The van der Waals surface area contributed by atoms with E-state index in [1.165, 1.54) is 0 Å². The fourth-order valence-electron chi connectivity index (χ4n) is 1.96. The predicted molar refractivity (Wildman–Crippen MR) is 85.3 cm³/mol. The van der Waals surface area contributed by atoms with Crippen molar-refractivity contribution in [3.8, 4) is 17.1 Å². The number of methoxy groups -OCH3 is 1. The first kappa shape index (κ1) is 15.4. The maximum absolute atomic E-state index is 5.44. The van der Waals surface area contributed by atoms with Crippen LogP contribution in [0.1, 0.15) is 32.0 Å². The number of hydrogen-bond donors (Lipinski definition) is 1. The maximum Gasteiger partial charge on any atom is 0.163 e. The number of aryl methyl sites for hydroxylation is 1. The van der Waals surface area contributed by atoms with E-state index in [0.29, 0.717) is 12.4 Å². The highest BCUT2D eigenvalue weighted by Crippen LogP contribution is 2.28. The van der Waals surface area contributed by atoms with E-state index in [4.69, 9.17) is 4.74 Å². The molecule has 4 nitrogen and oxygen atoms in total. The summed E-state index contributed by atoms with van der Waals surface area (Å²) in [5.74, 6) is 1.50. The molecule has 1 aromatic heterocycles. The normalized spacial score (nSPS) is 11.5. The van der Waals surface area contributed by atoms with Gasteiger partial charge in [0.15, 0.2) is 5.82 Å². The molecule has 0 spiro atoms. The third-order valence-electron chi connectivity index (χ3n) is 3.11. The first-order valence-electron chi connectivity index (χ1n) is 7.11. The Balaban J connectivity index is 2.29. The molecule has 0 atom stereocenters. The summed E-state index contributed by atoms with van der Waals surface area (Å²) < 4.78 is 5.44. The van der Waals surface area contributed by atoms with E-state index in [-0.39, 0.29) is 5.54 Å². The van der Waals surface area contributed by atoms with Crippen LogP contribution >= 0.6 is 0 Å². The quantitative estimate of drug-likeness (QED) is 0.936. The second-order valence-corrected chi connectivity index (χ2v) is 6.18. The minimum absolute atomic E-state index is 0.0622. The van der Waals surface area contributed by atoms with Crippen molar-refractivity contribution in [1.29, 1.82) is 0 Å². The molecule has 0 aliphatic carbocycles. The van der Waals surface area contributed by atoms with Crippen molar-refractivity contribution in [2.75, 3.05) is 7.11 Å². The highest BCUT2D eigenvalue weighted by molar-refractivity contribution is 5.64. The van der Waals surface area contributed by atoms with Gasteiger partial charge in [-0.3, -0.25) is 0 Å². The molecule has 0 aliphatic rings. The van der Waals surface area contributed by atoms with E-state index in [1.807, 2.05) is 31.2 Å². The molecule has 4 heteroatoms. The zero-order chi connectivity index (χ0) is 15.5. The van der Waals surface area contributed by atoms with Crippen molar-refractivity contribution in [2.45, 2.75) is 39.8 Å².